The Kier molecular flexibility index (Phi) is 3.99. The van der Waals surface area contributed by atoms with Gasteiger partial charge in [-0.2, -0.15) is 0 Å². The van der Waals surface area contributed by atoms with Crippen molar-refractivity contribution in [3.8, 4) is 0 Å². The average molecular weight is 400 g/mol. The van der Waals surface area contributed by atoms with Crippen LogP contribution in [-0.4, -0.2) is 39.8 Å². The number of hydrogen-bond donors (Lipinski definition) is 1. The Bertz CT molecular complexity index is 1070. The zero-order valence-electron chi connectivity index (χ0n) is 16.9. The zero-order chi connectivity index (χ0) is 20.1. The summed E-state index contributed by atoms with van der Waals surface area (Å²) < 4.78 is 0. The maximum atomic E-state index is 6.70. The normalized spacial score (nSPS) is 21.7. The molecular formula is C23H25N7. The van der Waals surface area contributed by atoms with Crippen LogP contribution in [0.5, 0.6) is 0 Å². The fraction of sp³-hybridized carbons (Fsp3) is 0.391. The third-order valence-corrected chi connectivity index (χ3v) is 7.22. The van der Waals surface area contributed by atoms with Crippen LogP contribution < -0.4 is 15.5 Å². The molecule has 7 nitrogen and oxygen atoms in total. The molecule has 0 amide bonds. The number of hydrogen-bond acceptors (Lipinski definition) is 7. The van der Waals surface area contributed by atoms with Gasteiger partial charge in [-0.1, -0.05) is 24.3 Å². The molecule has 1 fully saturated rings. The number of anilines is 3. The Labute approximate surface area is 176 Å². The molecular weight excluding hydrogens is 374 g/mol. The largest absolute Gasteiger partial charge is 0.339 e. The Morgan fingerprint density at radius 2 is 1.83 bits per heavy atom. The number of nitrogens with two attached hydrogens (primary N) is 1. The van der Waals surface area contributed by atoms with Crippen LogP contribution in [0, 0.1) is 5.41 Å². The van der Waals surface area contributed by atoms with Crippen LogP contribution in [0.25, 0.3) is 0 Å². The second-order valence-corrected chi connectivity index (χ2v) is 8.73. The summed E-state index contributed by atoms with van der Waals surface area (Å²) in [6.07, 6.45) is 9.77. The van der Waals surface area contributed by atoms with Gasteiger partial charge in [0, 0.05) is 43.8 Å². The highest BCUT2D eigenvalue weighted by atomic mass is 15.4. The molecule has 3 aliphatic rings. The summed E-state index contributed by atoms with van der Waals surface area (Å²) in [6, 6.07) is 10.8. The van der Waals surface area contributed by atoms with E-state index in [1.807, 2.05) is 24.7 Å². The lowest BCUT2D eigenvalue weighted by molar-refractivity contribution is 0.187. The van der Waals surface area contributed by atoms with E-state index < -0.39 is 0 Å². The van der Waals surface area contributed by atoms with Gasteiger partial charge in [0.15, 0.2) is 5.82 Å². The van der Waals surface area contributed by atoms with E-state index in [-0.39, 0.29) is 11.5 Å². The summed E-state index contributed by atoms with van der Waals surface area (Å²) >= 11 is 0. The number of benzene rings is 1. The summed E-state index contributed by atoms with van der Waals surface area (Å²) in [6.45, 7) is 2.73. The molecule has 1 aromatic carbocycles. The molecule has 3 aromatic rings. The highest BCUT2D eigenvalue weighted by Crippen LogP contribution is 2.50. The number of pyridine rings is 1. The van der Waals surface area contributed by atoms with Gasteiger partial charge in [0.2, 0.25) is 5.95 Å². The molecule has 2 aliphatic heterocycles. The molecule has 7 heteroatoms. The van der Waals surface area contributed by atoms with Gasteiger partial charge >= 0.3 is 0 Å². The highest BCUT2D eigenvalue weighted by Gasteiger charge is 2.46. The lowest BCUT2D eigenvalue weighted by Crippen LogP contribution is -2.45. The van der Waals surface area contributed by atoms with Crippen LogP contribution >= 0.6 is 0 Å². The highest BCUT2D eigenvalue weighted by molar-refractivity contribution is 5.66. The van der Waals surface area contributed by atoms with E-state index in [2.05, 4.69) is 54.2 Å². The van der Waals surface area contributed by atoms with Gasteiger partial charge < -0.3 is 15.5 Å². The van der Waals surface area contributed by atoms with Crippen LogP contribution in [0.3, 0.4) is 0 Å². The lowest BCUT2D eigenvalue weighted by Gasteiger charge is -2.42. The number of aromatic nitrogens is 4. The molecule has 0 radical (unpaired) electrons. The van der Waals surface area contributed by atoms with Gasteiger partial charge in [-0.05, 0) is 53.9 Å². The van der Waals surface area contributed by atoms with Crippen molar-refractivity contribution in [3.63, 3.8) is 0 Å². The standard InChI is InChI=1S/C23H25N7/c24-21-18-4-2-1-3-16(18)13-23(21)7-11-29(12-8-23)22-26-15-20(27-28-22)30-10-6-17-14-25-9-5-19(17)30/h1-5,9,14-15,21H,6-8,10-13,24H2/t21-/m1/s1. The van der Waals surface area contributed by atoms with E-state index in [1.165, 1.54) is 16.7 Å². The molecule has 152 valence electrons. The molecule has 1 aliphatic carbocycles. The molecule has 0 bridgehead atoms. The van der Waals surface area contributed by atoms with Crippen LogP contribution in [0.15, 0.2) is 48.9 Å². The molecule has 4 heterocycles. The fourth-order valence-corrected chi connectivity index (χ4v) is 5.46. The summed E-state index contributed by atoms with van der Waals surface area (Å²) in [5, 5.41) is 8.97. The molecule has 6 rings (SSSR count). The Morgan fingerprint density at radius 1 is 0.967 bits per heavy atom. The zero-order valence-corrected chi connectivity index (χ0v) is 16.9. The molecule has 2 aromatic heterocycles. The number of fused-ring (bicyclic) bond motifs is 2. The smallest absolute Gasteiger partial charge is 0.245 e. The van der Waals surface area contributed by atoms with Gasteiger partial charge in [0.25, 0.3) is 0 Å². The molecule has 30 heavy (non-hydrogen) atoms. The molecule has 1 spiro atoms. The maximum absolute atomic E-state index is 6.70. The fourth-order valence-electron chi connectivity index (χ4n) is 5.46. The Hall–Kier alpha value is -3.06. The van der Waals surface area contributed by atoms with E-state index in [1.54, 1.807) is 0 Å². The van der Waals surface area contributed by atoms with Crippen molar-refractivity contribution in [2.75, 3.05) is 29.4 Å². The SMILES string of the molecule is N[C@@H]1c2ccccc2CC12CCN(c1ncc(N3CCc4cnccc43)nn1)CC2. The van der Waals surface area contributed by atoms with E-state index in [0.29, 0.717) is 5.95 Å². The Balaban J connectivity index is 1.16. The lowest BCUT2D eigenvalue weighted by atomic mass is 9.73. The van der Waals surface area contributed by atoms with Crippen molar-refractivity contribution in [2.45, 2.75) is 31.7 Å². The first-order chi connectivity index (χ1) is 14.7. The Morgan fingerprint density at radius 3 is 2.63 bits per heavy atom. The van der Waals surface area contributed by atoms with Crippen molar-refractivity contribution in [1.82, 2.24) is 20.2 Å². The van der Waals surface area contributed by atoms with E-state index >= 15 is 0 Å². The molecule has 1 atom stereocenters. The maximum Gasteiger partial charge on any atom is 0.245 e. The van der Waals surface area contributed by atoms with Crippen LogP contribution in [0.1, 0.15) is 35.6 Å². The molecule has 1 saturated heterocycles. The van der Waals surface area contributed by atoms with Crippen molar-refractivity contribution < 1.29 is 0 Å². The minimum atomic E-state index is 0.127. The van der Waals surface area contributed by atoms with Crippen LogP contribution in [-0.2, 0) is 12.8 Å². The summed E-state index contributed by atoms with van der Waals surface area (Å²) in [5.74, 6) is 1.51. The van der Waals surface area contributed by atoms with E-state index in [9.17, 15) is 0 Å². The summed E-state index contributed by atoms with van der Waals surface area (Å²) in [4.78, 5) is 13.3. The first-order valence-electron chi connectivity index (χ1n) is 10.7. The first-order valence-corrected chi connectivity index (χ1v) is 10.7. The molecule has 0 unspecified atom stereocenters. The third kappa shape index (κ3) is 2.69. The van der Waals surface area contributed by atoms with E-state index in [0.717, 1.165) is 56.8 Å². The van der Waals surface area contributed by atoms with Crippen molar-refractivity contribution in [2.24, 2.45) is 11.1 Å². The second-order valence-electron chi connectivity index (χ2n) is 8.73. The number of nitrogens with zero attached hydrogens (tertiary/aromatic N) is 6. The number of piperidine rings is 1. The summed E-state index contributed by atoms with van der Waals surface area (Å²) in [5.41, 5.74) is 12.0. The van der Waals surface area contributed by atoms with E-state index in [4.69, 9.17) is 5.73 Å². The van der Waals surface area contributed by atoms with Crippen LogP contribution in [0.4, 0.5) is 17.5 Å². The summed E-state index contributed by atoms with van der Waals surface area (Å²) in [7, 11) is 0. The van der Waals surface area contributed by atoms with Crippen molar-refractivity contribution in [3.05, 3.63) is 65.6 Å². The third-order valence-electron chi connectivity index (χ3n) is 7.22. The monoisotopic (exact) mass is 399 g/mol. The van der Waals surface area contributed by atoms with Crippen LogP contribution in [0.2, 0.25) is 0 Å². The minimum Gasteiger partial charge on any atom is -0.339 e. The minimum absolute atomic E-state index is 0.127. The van der Waals surface area contributed by atoms with Gasteiger partial charge in [0.1, 0.15) is 0 Å². The predicted octanol–water partition coefficient (Wildman–Crippen LogP) is 2.80. The van der Waals surface area contributed by atoms with Gasteiger partial charge in [-0.3, -0.25) is 4.98 Å². The first kappa shape index (κ1) is 17.8. The van der Waals surface area contributed by atoms with Gasteiger partial charge in [0.05, 0.1) is 6.20 Å². The number of rotatable bonds is 2. The van der Waals surface area contributed by atoms with Gasteiger partial charge in [-0.15, -0.1) is 10.2 Å². The quantitative estimate of drug-likeness (QED) is 0.709. The van der Waals surface area contributed by atoms with Crippen molar-refractivity contribution >= 4 is 17.5 Å². The topological polar surface area (TPSA) is 84.1 Å². The predicted molar refractivity (Wildman–Crippen MR) is 116 cm³/mol. The second kappa shape index (κ2) is 6.74. The molecule has 2 N–H and O–H groups in total. The average Bonchev–Trinajstić information content (AvgIpc) is 3.34. The van der Waals surface area contributed by atoms with Crippen molar-refractivity contribution in [1.29, 1.82) is 0 Å². The molecule has 0 saturated carbocycles. The van der Waals surface area contributed by atoms with Gasteiger partial charge in [-0.25, -0.2) is 4.98 Å².